The number of ether oxygens (including phenoxy) is 1. The van der Waals surface area contributed by atoms with E-state index >= 15 is 0 Å². The molecule has 1 aromatic heterocycles. The predicted molar refractivity (Wildman–Crippen MR) is 67.2 cm³/mol. The Bertz CT molecular complexity index is 384. The zero-order valence-electron chi connectivity index (χ0n) is 11.2. The number of carbonyl (C=O) groups excluding carboxylic acids is 1. The summed E-state index contributed by atoms with van der Waals surface area (Å²) >= 11 is 0. The van der Waals surface area contributed by atoms with E-state index in [4.69, 9.17) is 9.52 Å². The molecule has 1 rings (SSSR count). The molecule has 0 aliphatic carbocycles. The fourth-order valence-electron chi connectivity index (χ4n) is 1.60. The SMILES string of the molecule is COC(=O)c1ccc(CNCC(C)(C)CCO)o1. The van der Waals surface area contributed by atoms with Crippen LogP contribution in [-0.2, 0) is 11.3 Å². The first kappa shape index (κ1) is 14.7. The third kappa shape index (κ3) is 4.50. The molecular formula is C13H21NO4. The molecule has 0 saturated heterocycles. The van der Waals surface area contributed by atoms with Gasteiger partial charge < -0.3 is 19.6 Å². The van der Waals surface area contributed by atoms with Gasteiger partial charge in [-0.25, -0.2) is 4.79 Å². The van der Waals surface area contributed by atoms with Gasteiger partial charge in [-0.05, 0) is 24.0 Å². The summed E-state index contributed by atoms with van der Waals surface area (Å²) in [6, 6.07) is 3.35. The number of aliphatic hydroxyl groups excluding tert-OH is 1. The summed E-state index contributed by atoms with van der Waals surface area (Å²) in [5, 5.41) is 12.2. The Morgan fingerprint density at radius 2 is 2.22 bits per heavy atom. The Balaban J connectivity index is 2.40. The highest BCUT2D eigenvalue weighted by molar-refractivity contribution is 5.86. The van der Waals surface area contributed by atoms with E-state index in [0.717, 1.165) is 13.0 Å². The summed E-state index contributed by atoms with van der Waals surface area (Å²) in [7, 11) is 1.32. The Kier molecular flexibility index (Phi) is 5.37. The van der Waals surface area contributed by atoms with Gasteiger partial charge >= 0.3 is 5.97 Å². The van der Waals surface area contributed by atoms with Crippen LogP contribution >= 0.6 is 0 Å². The number of rotatable bonds is 7. The normalized spacial score (nSPS) is 11.6. The Morgan fingerprint density at radius 1 is 1.50 bits per heavy atom. The van der Waals surface area contributed by atoms with Crippen molar-refractivity contribution in [1.29, 1.82) is 0 Å². The van der Waals surface area contributed by atoms with E-state index in [2.05, 4.69) is 23.9 Å². The first-order valence-corrected chi connectivity index (χ1v) is 5.97. The molecule has 0 aromatic carbocycles. The van der Waals surface area contributed by atoms with Gasteiger partial charge in [-0.2, -0.15) is 0 Å². The summed E-state index contributed by atoms with van der Waals surface area (Å²) < 4.78 is 9.88. The maximum atomic E-state index is 11.2. The first-order valence-electron chi connectivity index (χ1n) is 5.97. The molecule has 0 spiro atoms. The van der Waals surface area contributed by atoms with Gasteiger partial charge in [0.2, 0.25) is 5.76 Å². The number of nitrogens with one attached hydrogen (secondary N) is 1. The van der Waals surface area contributed by atoms with Crippen molar-refractivity contribution in [2.24, 2.45) is 5.41 Å². The number of hydrogen-bond donors (Lipinski definition) is 2. The summed E-state index contributed by atoms with van der Waals surface area (Å²) in [5.41, 5.74) is 0.0342. The second-order valence-electron chi connectivity index (χ2n) is 5.00. The van der Waals surface area contributed by atoms with Gasteiger partial charge in [0.05, 0.1) is 13.7 Å². The van der Waals surface area contributed by atoms with E-state index in [9.17, 15) is 4.79 Å². The molecule has 0 atom stereocenters. The molecule has 0 saturated carbocycles. The van der Waals surface area contributed by atoms with Crippen LogP contribution in [0.5, 0.6) is 0 Å². The van der Waals surface area contributed by atoms with Crippen LogP contribution in [0.25, 0.3) is 0 Å². The van der Waals surface area contributed by atoms with Crippen molar-refractivity contribution in [3.63, 3.8) is 0 Å². The van der Waals surface area contributed by atoms with Crippen LogP contribution in [0.2, 0.25) is 0 Å². The maximum Gasteiger partial charge on any atom is 0.373 e. The van der Waals surface area contributed by atoms with Crippen LogP contribution in [0.1, 0.15) is 36.6 Å². The molecule has 0 radical (unpaired) electrons. The molecule has 2 N–H and O–H groups in total. The van der Waals surface area contributed by atoms with Crippen molar-refractivity contribution in [3.05, 3.63) is 23.7 Å². The van der Waals surface area contributed by atoms with Gasteiger partial charge in [-0.3, -0.25) is 0 Å². The maximum absolute atomic E-state index is 11.2. The van der Waals surface area contributed by atoms with Gasteiger partial charge in [0.1, 0.15) is 5.76 Å². The summed E-state index contributed by atoms with van der Waals surface area (Å²) in [6.45, 7) is 5.66. The van der Waals surface area contributed by atoms with Gasteiger partial charge in [0, 0.05) is 13.2 Å². The minimum atomic E-state index is -0.470. The van der Waals surface area contributed by atoms with Gasteiger partial charge in [-0.15, -0.1) is 0 Å². The van der Waals surface area contributed by atoms with Gasteiger partial charge in [0.25, 0.3) is 0 Å². The lowest BCUT2D eigenvalue weighted by atomic mass is 9.90. The van der Waals surface area contributed by atoms with Crippen LogP contribution in [0.3, 0.4) is 0 Å². The number of methoxy groups -OCH3 is 1. The molecule has 0 fully saturated rings. The fourth-order valence-corrected chi connectivity index (χ4v) is 1.60. The quantitative estimate of drug-likeness (QED) is 0.723. The second-order valence-corrected chi connectivity index (χ2v) is 5.00. The number of furan rings is 1. The molecule has 5 heteroatoms. The lowest BCUT2D eigenvalue weighted by molar-refractivity contribution is 0.0562. The van der Waals surface area contributed by atoms with Crippen molar-refractivity contribution in [2.45, 2.75) is 26.8 Å². The molecule has 102 valence electrons. The smallest absolute Gasteiger partial charge is 0.373 e. The molecule has 1 aromatic rings. The highest BCUT2D eigenvalue weighted by atomic mass is 16.5. The van der Waals surface area contributed by atoms with E-state index < -0.39 is 5.97 Å². The monoisotopic (exact) mass is 255 g/mol. The van der Waals surface area contributed by atoms with Crippen LogP contribution in [0.4, 0.5) is 0 Å². The second kappa shape index (κ2) is 6.56. The third-order valence-electron chi connectivity index (χ3n) is 2.74. The van der Waals surface area contributed by atoms with E-state index in [1.807, 2.05) is 0 Å². The minimum Gasteiger partial charge on any atom is -0.463 e. The lowest BCUT2D eigenvalue weighted by Gasteiger charge is -2.23. The standard InChI is InChI=1S/C13H21NO4/c1-13(2,6-7-15)9-14-8-10-4-5-11(18-10)12(16)17-3/h4-5,14-15H,6-9H2,1-3H3. The summed E-state index contributed by atoms with van der Waals surface area (Å²) in [4.78, 5) is 11.2. The summed E-state index contributed by atoms with van der Waals surface area (Å²) in [6.07, 6.45) is 0.742. The van der Waals surface area contributed by atoms with E-state index in [1.165, 1.54) is 7.11 Å². The number of aliphatic hydroxyl groups is 1. The number of hydrogen-bond acceptors (Lipinski definition) is 5. The lowest BCUT2D eigenvalue weighted by Crippen LogP contribution is -2.29. The highest BCUT2D eigenvalue weighted by Gasteiger charge is 2.17. The number of carbonyl (C=O) groups is 1. The molecule has 0 aliphatic rings. The van der Waals surface area contributed by atoms with Crippen LogP contribution in [0, 0.1) is 5.41 Å². The molecule has 0 aliphatic heterocycles. The van der Waals surface area contributed by atoms with Crippen molar-refractivity contribution in [1.82, 2.24) is 5.32 Å². The van der Waals surface area contributed by atoms with E-state index in [-0.39, 0.29) is 17.8 Å². The number of esters is 1. The Labute approximate surface area is 107 Å². The van der Waals surface area contributed by atoms with Crippen molar-refractivity contribution >= 4 is 5.97 Å². The molecule has 1 heterocycles. The molecule has 0 amide bonds. The van der Waals surface area contributed by atoms with Crippen LogP contribution < -0.4 is 5.32 Å². The largest absolute Gasteiger partial charge is 0.463 e. The zero-order chi connectivity index (χ0) is 13.6. The Hall–Kier alpha value is -1.33. The third-order valence-corrected chi connectivity index (χ3v) is 2.74. The first-order chi connectivity index (χ1) is 8.48. The van der Waals surface area contributed by atoms with Gasteiger partial charge in [0.15, 0.2) is 0 Å². The van der Waals surface area contributed by atoms with Crippen LogP contribution in [-0.4, -0.2) is 31.3 Å². The average Bonchev–Trinajstić information content (AvgIpc) is 2.76. The van der Waals surface area contributed by atoms with Crippen LogP contribution in [0.15, 0.2) is 16.5 Å². The fraction of sp³-hybridized carbons (Fsp3) is 0.615. The van der Waals surface area contributed by atoms with E-state index in [1.54, 1.807) is 12.1 Å². The zero-order valence-corrected chi connectivity index (χ0v) is 11.2. The van der Waals surface area contributed by atoms with Gasteiger partial charge in [-0.1, -0.05) is 13.8 Å². The molecule has 5 nitrogen and oxygen atoms in total. The molecule has 0 unspecified atom stereocenters. The van der Waals surface area contributed by atoms with E-state index in [0.29, 0.717) is 12.3 Å². The summed E-state index contributed by atoms with van der Waals surface area (Å²) in [5.74, 6) is 0.431. The molecule has 18 heavy (non-hydrogen) atoms. The minimum absolute atomic E-state index is 0.0342. The average molecular weight is 255 g/mol. The molecular weight excluding hydrogens is 234 g/mol. The molecule has 0 bridgehead atoms. The van der Waals surface area contributed by atoms with Crippen molar-refractivity contribution < 1.29 is 19.1 Å². The predicted octanol–water partition coefficient (Wildman–Crippen LogP) is 1.56. The topological polar surface area (TPSA) is 71.7 Å². The van der Waals surface area contributed by atoms with Crippen molar-refractivity contribution in [2.75, 3.05) is 20.3 Å². The Morgan fingerprint density at radius 3 is 2.83 bits per heavy atom. The van der Waals surface area contributed by atoms with Crippen molar-refractivity contribution in [3.8, 4) is 0 Å². The highest BCUT2D eigenvalue weighted by Crippen LogP contribution is 2.18.